The van der Waals surface area contributed by atoms with Gasteiger partial charge in [0.05, 0.1) is 31.4 Å². The fraction of sp³-hybridized carbons (Fsp3) is 0.551. The summed E-state index contributed by atoms with van der Waals surface area (Å²) in [4.78, 5) is 257. The summed E-state index contributed by atoms with van der Waals surface area (Å²) >= 11 is 2.10. The molecule has 44 heteroatoms. The van der Waals surface area contributed by atoms with Gasteiger partial charge in [-0.2, -0.15) is 0 Å². The molecule has 3 aliphatic heterocycles. The number of nitrogens with two attached hydrogens (primary N) is 3. The topological polar surface area (TPSA) is 637 Å². The third kappa shape index (κ3) is 30.0. The van der Waals surface area contributed by atoms with Crippen molar-refractivity contribution in [1.29, 1.82) is 5.41 Å². The number of hydrogen-bond acceptors (Lipinski definition) is 24. The third-order valence-corrected chi connectivity index (χ3v) is 25.7. The number of para-hydroxylation sites is 1. The molecule has 23 N–H and O–H groups in total. The van der Waals surface area contributed by atoms with Crippen LogP contribution < -0.4 is 75.7 Å². The number of likely N-dealkylation sites (N-methyl/N-ethyl adjacent to an activating group) is 3. The van der Waals surface area contributed by atoms with Crippen LogP contribution in [0.3, 0.4) is 0 Å². The van der Waals surface area contributed by atoms with E-state index < -0.39 is 254 Å². The highest BCUT2D eigenvalue weighted by molar-refractivity contribution is 8.00. The molecule has 3 aromatic carbocycles. The number of nitrogens with zero attached hydrogens (tertiary/aromatic N) is 5. The van der Waals surface area contributed by atoms with Crippen molar-refractivity contribution in [3.63, 3.8) is 0 Å². The molecule has 0 aliphatic carbocycles. The molecule has 17 amide bonds. The van der Waals surface area contributed by atoms with Gasteiger partial charge in [0.1, 0.15) is 90.3 Å². The van der Waals surface area contributed by atoms with Crippen molar-refractivity contribution < 1.29 is 102 Å². The van der Waals surface area contributed by atoms with Crippen molar-refractivity contribution in [2.75, 3.05) is 72.0 Å². The van der Waals surface area contributed by atoms with Crippen LogP contribution in [0.1, 0.15) is 141 Å². The van der Waals surface area contributed by atoms with Crippen LogP contribution in [-0.2, 0) is 101 Å². The van der Waals surface area contributed by atoms with E-state index in [-0.39, 0.29) is 89.0 Å². The number of phenolic OH excluding ortho intramolecular Hbond substituents is 1. The zero-order valence-corrected chi connectivity index (χ0v) is 77.6. The summed E-state index contributed by atoms with van der Waals surface area (Å²) in [5.41, 5.74) is 18.8. The maximum Gasteiger partial charge on any atom is 0.246 e. The predicted octanol–water partition coefficient (Wildman–Crippen LogP) is -2.78. The van der Waals surface area contributed by atoms with Gasteiger partial charge in [0.15, 0.2) is 5.96 Å². The van der Waals surface area contributed by atoms with Crippen molar-refractivity contribution >= 4 is 150 Å². The molecule has 0 bridgehead atoms. The van der Waals surface area contributed by atoms with Gasteiger partial charge in [0.25, 0.3) is 0 Å². The quantitative estimate of drug-likeness (QED) is 0.0151. The first-order chi connectivity index (χ1) is 63.3. The SMILES string of the molecule is CCCC[C@H]1C(=O)N(C)[C@@H](CCCC)C(=O)N[C@@H](CCCNC(=N)N)C(=O)N[C@H](C(=O)NCC(N)=O)CSCC(=O)N[C@@H](Cc2ccc(O)cc2)C(=O)N(C)[C@@H](C)C(=O)N[C@H](CC(N)=O)C(=O)N2CCC[C@H]2C(=O)N[C@@H](CCO)C(=O)N[C@@H](CC(C)C)C(=O)N2C[C@H](O)C[C@H]2C(=O)N[C@@H](Cc2c[nH]c3ccccc23)C(=O)N[C@@H](CO)C(=O)N[C@@H](Cc2csc3ccccc23)C(=O)N1C. The van der Waals surface area contributed by atoms with Gasteiger partial charge in [-0.25, -0.2) is 0 Å². The summed E-state index contributed by atoms with van der Waals surface area (Å²) in [5.74, 6) is -18.3. The molecule has 5 heterocycles. The highest BCUT2D eigenvalue weighted by Gasteiger charge is 2.47. The van der Waals surface area contributed by atoms with Crippen LogP contribution in [0.2, 0.25) is 0 Å². The van der Waals surface area contributed by atoms with Crippen LogP contribution >= 0.6 is 23.1 Å². The number of nitrogens with one attached hydrogen (secondary N) is 13. The highest BCUT2D eigenvalue weighted by atomic mass is 32.2. The standard InChI is InChI=1S/C89H127N21O21S2/c1-9-11-23-67-81(124)98-58(22-17-32-94-89(92)93)77(120)105-66(76(119)96-42-73(91)116)46-132-47-74(117)97-62(36-50-27-29-53(113)30-28-50)84(127)106(6)49(5)75(118)101-64(40-72(90)115)86(129)109-33-18-25-68(109)82(125)99-59(31-34-111)78(121)102-61(35-48(3)4)87(130)110-43-54(114)39-70(110)83(126)100-60(37-51-41-95-57-21-15-13-19-55(51)57)79(122)104-65(44-112)80(123)103-63(38-52-45-133-71-26-16-14-20-56(52)71)85(128)108(8)69(24-12-10-2)88(131)107(67)7/h13-16,19-21,26-30,41,45,48-49,54,58-70,95,111-114H,9-12,17-18,22-25,31-40,42-44,46-47H2,1-8H3,(H2,90,115)(H2,91,116)(H,96,119)(H,97,117)(H,98,124)(H,99,125)(H,100,126)(H,101,118)(H,102,121)(H,103,123)(H,104,122)(H,105,120)(H4,92,93,94)/t49-,54+,58-,59-,60-,61-,62-,63-,64+,65-,66-,67-,68-,69-,70-/m0/s1. The summed E-state index contributed by atoms with van der Waals surface area (Å²) in [6.07, 6.45) is -0.854. The molecular formula is C89H127N21O21S2. The van der Waals surface area contributed by atoms with E-state index in [1.807, 2.05) is 32.0 Å². The number of aromatic nitrogens is 1. The number of unbranched alkanes of at least 4 members (excludes halogenated alkanes) is 2. The Labute approximate surface area is 778 Å². The molecular weight excluding hydrogens is 1760 g/mol. The number of rotatable bonds is 26. The second kappa shape index (κ2) is 50.9. The number of thiophene rings is 1. The molecule has 15 atom stereocenters. The molecule has 3 aliphatic rings. The molecule has 8 rings (SSSR count). The average molecular weight is 1890 g/mol. The number of aromatic hydroxyl groups is 1. The molecule has 0 saturated carbocycles. The smallest absolute Gasteiger partial charge is 0.246 e. The number of aromatic amines is 1. The van der Waals surface area contributed by atoms with Crippen molar-refractivity contribution in [3.05, 3.63) is 101 Å². The molecule has 0 unspecified atom stereocenters. The van der Waals surface area contributed by atoms with Crippen LogP contribution in [0.15, 0.2) is 84.4 Å². The first-order valence-electron chi connectivity index (χ1n) is 44.6. The Hall–Kier alpha value is -12.6. The highest BCUT2D eigenvalue weighted by Crippen LogP contribution is 2.30. The van der Waals surface area contributed by atoms with Crippen molar-refractivity contribution in [1.82, 2.24) is 88.0 Å². The Balaban J connectivity index is 1.19. The lowest BCUT2D eigenvalue weighted by Crippen LogP contribution is -2.61. The van der Waals surface area contributed by atoms with Gasteiger partial charge in [-0.1, -0.05) is 102 Å². The lowest BCUT2D eigenvalue weighted by Gasteiger charge is -2.36. The van der Waals surface area contributed by atoms with Crippen molar-refractivity contribution in [3.8, 4) is 5.75 Å². The largest absolute Gasteiger partial charge is 0.508 e. The van der Waals surface area contributed by atoms with Crippen LogP contribution in [0.25, 0.3) is 21.0 Å². The van der Waals surface area contributed by atoms with E-state index in [1.54, 1.807) is 55.8 Å². The zero-order chi connectivity index (χ0) is 97.6. The Kier molecular flexibility index (Phi) is 40.5. The number of primary amides is 2. The lowest BCUT2D eigenvalue weighted by molar-refractivity contribution is -0.149. The molecule has 0 spiro atoms. The van der Waals surface area contributed by atoms with Crippen LogP contribution in [0, 0.1) is 11.3 Å². The number of benzene rings is 3. The molecule has 726 valence electrons. The number of aliphatic hydroxyl groups is 3. The van der Waals surface area contributed by atoms with E-state index in [0.717, 1.165) is 41.0 Å². The fourth-order valence-electron chi connectivity index (χ4n) is 16.3. The fourth-order valence-corrected chi connectivity index (χ4v) is 18.1. The van der Waals surface area contributed by atoms with E-state index in [2.05, 4.69) is 63.5 Å². The number of H-pyrrole nitrogens is 1. The number of carbonyl (C=O) groups is 17. The second-order valence-corrected chi connectivity index (χ2v) is 36.0. The van der Waals surface area contributed by atoms with Gasteiger partial charge in [-0.3, -0.25) is 86.9 Å². The van der Waals surface area contributed by atoms with Gasteiger partial charge >= 0.3 is 0 Å². The monoisotopic (exact) mass is 1890 g/mol. The number of amides is 17. The predicted molar refractivity (Wildman–Crippen MR) is 493 cm³/mol. The van der Waals surface area contributed by atoms with Gasteiger partial charge in [0, 0.05) is 101 Å². The number of aliphatic hydroxyl groups excluding tert-OH is 3. The lowest BCUT2D eigenvalue weighted by atomic mass is 10.00. The molecule has 133 heavy (non-hydrogen) atoms. The number of carbonyl (C=O) groups excluding carboxylic acids is 17. The Bertz CT molecular complexity index is 4980. The molecule has 42 nitrogen and oxygen atoms in total. The summed E-state index contributed by atoms with van der Waals surface area (Å²) in [6.45, 7) is 5.21. The average Bonchev–Trinajstić information content (AvgIpc) is 1.70. The number of phenols is 1. The van der Waals surface area contributed by atoms with Crippen LogP contribution in [-0.4, -0.2) is 319 Å². The normalized spacial score (nSPS) is 25.0. The minimum Gasteiger partial charge on any atom is -0.508 e. The van der Waals surface area contributed by atoms with E-state index in [0.29, 0.717) is 58.7 Å². The van der Waals surface area contributed by atoms with Gasteiger partial charge in [-0.05, 0) is 116 Å². The minimum atomic E-state index is -1.89. The Morgan fingerprint density at radius 2 is 1.12 bits per heavy atom. The third-order valence-electron chi connectivity index (χ3n) is 23.6. The van der Waals surface area contributed by atoms with Gasteiger partial charge in [-0.15, -0.1) is 23.1 Å². The van der Waals surface area contributed by atoms with Crippen LogP contribution in [0.4, 0.5) is 0 Å². The van der Waals surface area contributed by atoms with E-state index in [4.69, 9.17) is 22.6 Å². The summed E-state index contributed by atoms with van der Waals surface area (Å²) < 4.78 is 0.808. The Morgan fingerprint density at radius 1 is 0.556 bits per heavy atom. The van der Waals surface area contributed by atoms with E-state index in [1.165, 1.54) is 63.7 Å². The zero-order valence-electron chi connectivity index (χ0n) is 76.0. The van der Waals surface area contributed by atoms with Gasteiger partial charge < -0.3 is 126 Å². The minimum absolute atomic E-state index is 0.00677. The van der Waals surface area contributed by atoms with Crippen molar-refractivity contribution in [2.45, 2.75) is 234 Å². The first kappa shape index (κ1) is 106. The number of guanidine groups is 1. The molecule has 5 aromatic rings. The van der Waals surface area contributed by atoms with Gasteiger partial charge in [0.2, 0.25) is 100 Å². The number of thioether (sulfide) groups is 1. The Morgan fingerprint density at radius 3 is 1.78 bits per heavy atom. The number of fused-ring (bicyclic) bond motifs is 4. The van der Waals surface area contributed by atoms with E-state index >= 15 is 33.6 Å². The molecule has 3 fully saturated rings. The molecule has 2 aromatic heterocycles. The molecule has 3 saturated heterocycles. The second-order valence-electron chi connectivity index (χ2n) is 34.1. The van der Waals surface area contributed by atoms with E-state index in [9.17, 15) is 68.4 Å². The molecule has 0 radical (unpaired) electrons. The maximum absolute atomic E-state index is 15.7. The summed E-state index contributed by atoms with van der Waals surface area (Å²) in [5, 5.41) is 82.9. The summed E-state index contributed by atoms with van der Waals surface area (Å²) in [7, 11) is 3.90. The maximum atomic E-state index is 15.7. The summed E-state index contributed by atoms with van der Waals surface area (Å²) in [6, 6.07) is -2.22. The van der Waals surface area contributed by atoms with Crippen LogP contribution in [0.5, 0.6) is 5.75 Å². The number of hydrogen-bond donors (Lipinski definition) is 20. The van der Waals surface area contributed by atoms with Crippen molar-refractivity contribution in [2.24, 2.45) is 23.1 Å². The first-order valence-corrected chi connectivity index (χ1v) is 46.6.